The molecule has 2 rings (SSSR count). The van der Waals surface area contributed by atoms with Gasteiger partial charge in [-0.1, -0.05) is 13.8 Å². The minimum Gasteiger partial charge on any atom is -0.423 e. The number of rotatable bonds is 6. The first kappa shape index (κ1) is 18.4. The van der Waals surface area contributed by atoms with Gasteiger partial charge in [-0.25, -0.2) is 4.79 Å². The highest BCUT2D eigenvalue weighted by molar-refractivity contribution is 5.95. The third kappa shape index (κ3) is 5.59. The molecule has 8 nitrogen and oxygen atoms in total. The molecule has 0 spiro atoms. The predicted octanol–water partition coefficient (Wildman–Crippen LogP) is 2.65. The monoisotopic (exact) mass is 345 g/mol. The van der Waals surface area contributed by atoms with Crippen molar-refractivity contribution in [3.63, 3.8) is 0 Å². The molecular formula is C17H23N5O3. The molecule has 0 saturated carbocycles. The quantitative estimate of drug-likeness (QED) is 0.746. The van der Waals surface area contributed by atoms with Crippen molar-refractivity contribution in [2.45, 2.75) is 33.7 Å². The summed E-state index contributed by atoms with van der Waals surface area (Å²) in [5.74, 6) is 1.03. The molecule has 2 aromatic rings. The van der Waals surface area contributed by atoms with E-state index in [1.807, 2.05) is 13.8 Å². The van der Waals surface area contributed by atoms with Crippen molar-refractivity contribution in [1.82, 2.24) is 20.8 Å². The Balaban J connectivity index is 1.87. The van der Waals surface area contributed by atoms with Gasteiger partial charge in [-0.05, 0) is 37.1 Å². The number of hydrogen-bond acceptors (Lipinski definition) is 5. The second-order valence-corrected chi connectivity index (χ2v) is 6.16. The number of aromatic nitrogens is 2. The van der Waals surface area contributed by atoms with Crippen LogP contribution in [-0.4, -0.2) is 28.7 Å². The molecule has 1 atom stereocenters. The summed E-state index contributed by atoms with van der Waals surface area (Å²) in [5, 5.41) is 15.8. The molecule has 1 aromatic heterocycles. The molecule has 1 unspecified atom stereocenters. The van der Waals surface area contributed by atoms with Crippen LogP contribution in [0.3, 0.4) is 0 Å². The Bertz CT molecular complexity index is 724. The van der Waals surface area contributed by atoms with Crippen LogP contribution in [0.1, 0.15) is 49.0 Å². The molecule has 3 amide bonds. The Morgan fingerprint density at radius 3 is 2.36 bits per heavy atom. The van der Waals surface area contributed by atoms with E-state index in [2.05, 4.69) is 26.1 Å². The van der Waals surface area contributed by atoms with E-state index in [0.717, 1.165) is 0 Å². The standard InChI is InChI=1S/C17H23N5O3/c1-10(2)9-18-15(23)13-5-7-14(8-6-13)20-17(24)19-11(3)16-22-21-12(4)25-16/h5-8,10-11H,9H2,1-4H3,(H,18,23)(H2,19,20,24). The van der Waals surface area contributed by atoms with Gasteiger partial charge in [0.15, 0.2) is 0 Å². The zero-order chi connectivity index (χ0) is 18.4. The second kappa shape index (κ2) is 8.27. The van der Waals surface area contributed by atoms with E-state index < -0.39 is 12.1 Å². The number of urea groups is 1. The van der Waals surface area contributed by atoms with Crippen LogP contribution in [0.15, 0.2) is 28.7 Å². The van der Waals surface area contributed by atoms with E-state index in [1.165, 1.54) is 0 Å². The second-order valence-electron chi connectivity index (χ2n) is 6.16. The van der Waals surface area contributed by atoms with Crippen LogP contribution in [0, 0.1) is 12.8 Å². The Labute approximate surface area is 146 Å². The summed E-state index contributed by atoms with van der Waals surface area (Å²) in [6.07, 6.45) is 0. The number of anilines is 1. The number of nitrogens with zero attached hydrogens (tertiary/aromatic N) is 2. The summed E-state index contributed by atoms with van der Waals surface area (Å²) in [7, 11) is 0. The van der Waals surface area contributed by atoms with Crippen molar-refractivity contribution < 1.29 is 14.0 Å². The van der Waals surface area contributed by atoms with Gasteiger partial charge >= 0.3 is 6.03 Å². The number of amides is 3. The van der Waals surface area contributed by atoms with Gasteiger partial charge in [0, 0.05) is 24.7 Å². The van der Waals surface area contributed by atoms with E-state index in [1.54, 1.807) is 38.1 Å². The van der Waals surface area contributed by atoms with Crippen molar-refractivity contribution in [2.75, 3.05) is 11.9 Å². The first-order valence-electron chi connectivity index (χ1n) is 8.11. The highest BCUT2D eigenvalue weighted by atomic mass is 16.4. The van der Waals surface area contributed by atoms with Gasteiger partial charge in [0.1, 0.15) is 6.04 Å². The fourth-order valence-electron chi connectivity index (χ4n) is 2.02. The van der Waals surface area contributed by atoms with Crippen LogP contribution < -0.4 is 16.0 Å². The number of carbonyl (C=O) groups excluding carboxylic acids is 2. The largest absolute Gasteiger partial charge is 0.423 e. The Hall–Kier alpha value is -2.90. The van der Waals surface area contributed by atoms with Gasteiger partial charge in [-0.15, -0.1) is 10.2 Å². The number of benzene rings is 1. The summed E-state index contributed by atoms with van der Waals surface area (Å²) in [6, 6.07) is 5.85. The molecule has 0 fully saturated rings. The van der Waals surface area contributed by atoms with E-state index in [0.29, 0.717) is 35.5 Å². The smallest absolute Gasteiger partial charge is 0.319 e. The lowest BCUT2D eigenvalue weighted by Gasteiger charge is -2.12. The maximum Gasteiger partial charge on any atom is 0.319 e. The SMILES string of the molecule is Cc1nnc(C(C)NC(=O)Nc2ccc(C(=O)NCC(C)C)cc2)o1. The van der Waals surface area contributed by atoms with Gasteiger partial charge < -0.3 is 20.4 Å². The topological polar surface area (TPSA) is 109 Å². The summed E-state index contributed by atoms with van der Waals surface area (Å²) >= 11 is 0. The van der Waals surface area contributed by atoms with Crippen molar-refractivity contribution in [2.24, 2.45) is 5.92 Å². The zero-order valence-corrected chi connectivity index (χ0v) is 14.8. The number of nitrogens with one attached hydrogen (secondary N) is 3. The molecule has 0 bridgehead atoms. The molecule has 0 radical (unpaired) electrons. The lowest BCUT2D eigenvalue weighted by Crippen LogP contribution is -2.31. The van der Waals surface area contributed by atoms with Crippen LogP contribution in [0.4, 0.5) is 10.5 Å². The highest BCUT2D eigenvalue weighted by Crippen LogP contribution is 2.12. The highest BCUT2D eigenvalue weighted by Gasteiger charge is 2.15. The molecule has 1 aromatic carbocycles. The summed E-state index contributed by atoms with van der Waals surface area (Å²) in [6.45, 7) is 8.11. The lowest BCUT2D eigenvalue weighted by atomic mass is 10.1. The fraction of sp³-hybridized carbons (Fsp3) is 0.412. The van der Waals surface area contributed by atoms with Crippen LogP contribution in [0.2, 0.25) is 0 Å². The summed E-state index contributed by atoms with van der Waals surface area (Å²) < 4.78 is 5.27. The Morgan fingerprint density at radius 1 is 1.12 bits per heavy atom. The lowest BCUT2D eigenvalue weighted by molar-refractivity contribution is 0.0949. The molecule has 0 aliphatic heterocycles. The Morgan fingerprint density at radius 2 is 1.80 bits per heavy atom. The van der Waals surface area contributed by atoms with Crippen molar-refractivity contribution in [3.05, 3.63) is 41.6 Å². The molecule has 0 saturated heterocycles. The molecule has 1 heterocycles. The molecule has 25 heavy (non-hydrogen) atoms. The van der Waals surface area contributed by atoms with Crippen LogP contribution in [0.5, 0.6) is 0 Å². The summed E-state index contributed by atoms with van der Waals surface area (Å²) in [5.41, 5.74) is 1.12. The van der Waals surface area contributed by atoms with E-state index in [9.17, 15) is 9.59 Å². The molecule has 3 N–H and O–H groups in total. The molecule has 8 heteroatoms. The molecule has 134 valence electrons. The number of carbonyl (C=O) groups is 2. The number of hydrogen-bond donors (Lipinski definition) is 3. The van der Waals surface area contributed by atoms with E-state index in [4.69, 9.17) is 4.42 Å². The average Bonchev–Trinajstić information content (AvgIpc) is 3.00. The van der Waals surface area contributed by atoms with Crippen molar-refractivity contribution >= 4 is 17.6 Å². The van der Waals surface area contributed by atoms with Crippen LogP contribution >= 0.6 is 0 Å². The minimum atomic E-state index is -0.415. The van der Waals surface area contributed by atoms with Crippen LogP contribution in [0.25, 0.3) is 0 Å². The van der Waals surface area contributed by atoms with Gasteiger partial charge in [0.2, 0.25) is 11.8 Å². The minimum absolute atomic E-state index is 0.134. The predicted molar refractivity (Wildman–Crippen MR) is 93.2 cm³/mol. The third-order valence-corrected chi connectivity index (χ3v) is 3.34. The first-order valence-corrected chi connectivity index (χ1v) is 8.11. The molecule has 0 aliphatic carbocycles. The normalized spacial score (nSPS) is 11.9. The van der Waals surface area contributed by atoms with Gasteiger partial charge in [-0.3, -0.25) is 4.79 Å². The third-order valence-electron chi connectivity index (χ3n) is 3.34. The average molecular weight is 345 g/mol. The zero-order valence-electron chi connectivity index (χ0n) is 14.8. The van der Waals surface area contributed by atoms with Crippen molar-refractivity contribution in [3.8, 4) is 0 Å². The summed E-state index contributed by atoms with van der Waals surface area (Å²) in [4.78, 5) is 24.0. The molecular weight excluding hydrogens is 322 g/mol. The first-order chi connectivity index (χ1) is 11.8. The fourth-order valence-corrected chi connectivity index (χ4v) is 2.02. The maximum absolute atomic E-state index is 12.0. The van der Waals surface area contributed by atoms with Gasteiger partial charge in [-0.2, -0.15) is 0 Å². The van der Waals surface area contributed by atoms with Crippen LogP contribution in [-0.2, 0) is 0 Å². The van der Waals surface area contributed by atoms with E-state index >= 15 is 0 Å². The number of aryl methyl sites for hydroxylation is 1. The maximum atomic E-state index is 12.0. The Kier molecular flexibility index (Phi) is 6.10. The van der Waals surface area contributed by atoms with Gasteiger partial charge in [0.05, 0.1) is 0 Å². The van der Waals surface area contributed by atoms with Crippen molar-refractivity contribution in [1.29, 1.82) is 0 Å². The molecule has 0 aliphatic rings. The van der Waals surface area contributed by atoms with Gasteiger partial charge in [0.25, 0.3) is 5.91 Å². The van der Waals surface area contributed by atoms with E-state index in [-0.39, 0.29) is 5.91 Å².